The van der Waals surface area contributed by atoms with E-state index in [2.05, 4.69) is 53.1 Å². The number of ether oxygens (including phenoxy) is 3. The molecule has 1 saturated carbocycles. The maximum absolute atomic E-state index is 5.88. The molecule has 28 heavy (non-hydrogen) atoms. The van der Waals surface area contributed by atoms with E-state index >= 15 is 0 Å². The molecule has 2 aliphatic rings. The molecule has 2 fully saturated rings. The van der Waals surface area contributed by atoms with Crippen LogP contribution in [0.1, 0.15) is 31.4 Å². The first kappa shape index (κ1) is 17.5. The van der Waals surface area contributed by atoms with Crippen LogP contribution in [0, 0.1) is 0 Å². The second kappa shape index (κ2) is 7.12. The molecule has 1 aliphatic heterocycles. The summed E-state index contributed by atoms with van der Waals surface area (Å²) in [6.45, 7) is 1.45. The lowest BCUT2D eigenvalue weighted by molar-refractivity contribution is -0.171. The molecular weight excluding hydrogens is 350 g/mol. The molecule has 3 aromatic rings. The zero-order valence-electron chi connectivity index (χ0n) is 16.2. The van der Waals surface area contributed by atoms with Crippen LogP contribution in [0.5, 0.6) is 5.75 Å². The molecule has 0 radical (unpaired) electrons. The van der Waals surface area contributed by atoms with E-state index in [1.165, 1.54) is 22.2 Å². The molecular formula is C24H25NO3. The van der Waals surface area contributed by atoms with Crippen LogP contribution in [0.3, 0.4) is 0 Å². The molecule has 144 valence electrons. The summed E-state index contributed by atoms with van der Waals surface area (Å²) in [6.07, 6.45) is 6.28. The Morgan fingerprint density at radius 3 is 2.39 bits per heavy atom. The maximum atomic E-state index is 5.88. The number of hydrogen-bond donors (Lipinski definition) is 0. The molecule has 0 N–H and O–H groups in total. The molecule has 1 aliphatic carbocycles. The van der Waals surface area contributed by atoms with Crippen molar-refractivity contribution in [3.8, 4) is 11.4 Å². The number of fused-ring (bicyclic) bond motifs is 1. The molecule has 2 heterocycles. The standard InChI is InChI=1S/C24H25NO3/c1-26-22-8-6-20(7-9-22)25-21(17-19-4-2-3-5-23(19)25)16-18-10-12-24(13-11-18)27-14-15-28-24/h2-9,16-17H,10-15H2,1H3. The Morgan fingerprint density at radius 1 is 0.964 bits per heavy atom. The van der Waals surface area contributed by atoms with Crippen molar-refractivity contribution in [3.05, 3.63) is 65.9 Å². The first-order chi connectivity index (χ1) is 13.8. The van der Waals surface area contributed by atoms with Gasteiger partial charge in [0.15, 0.2) is 5.79 Å². The highest BCUT2D eigenvalue weighted by molar-refractivity contribution is 5.86. The van der Waals surface area contributed by atoms with Gasteiger partial charge in [-0.25, -0.2) is 0 Å². The Labute approximate surface area is 165 Å². The number of benzene rings is 2. The third kappa shape index (κ3) is 3.13. The molecule has 1 spiro atoms. The Morgan fingerprint density at radius 2 is 1.68 bits per heavy atom. The first-order valence-electron chi connectivity index (χ1n) is 9.99. The van der Waals surface area contributed by atoms with Gasteiger partial charge in [-0.05, 0) is 55.3 Å². The van der Waals surface area contributed by atoms with Crippen LogP contribution in [-0.4, -0.2) is 30.7 Å². The summed E-state index contributed by atoms with van der Waals surface area (Å²) in [5, 5.41) is 1.25. The maximum Gasteiger partial charge on any atom is 0.169 e. The van der Waals surface area contributed by atoms with Crippen molar-refractivity contribution >= 4 is 17.0 Å². The molecule has 5 rings (SSSR count). The minimum Gasteiger partial charge on any atom is -0.497 e. The minimum absolute atomic E-state index is 0.319. The predicted molar refractivity (Wildman–Crippen MR) is 111 cm³/mol. The van der Waals surface area contributed by atoms with Crippen molar-refractivity contribution in [2.45, 2.75) is 31.5 Å². The first-order valence-corrected chi connectivity index (χ1v) is 9.99. The van der Waals surface area contributed by atoms with Crippen LogP contribution in [-0.2, 0) is 9.47 Å². The van der Waals surface area contributed by atoms with Gasteiger partial charge in [0.2, 0.25) is 0 Å². The van der Waals surface area contributed by atoms with E-state index in [0.29, 0.717) is 0 Å². The van der Waals surface area contributed by atoms with Crippen LogP contribution < -0.4 is 4.74 Å². The second-order valence-electron chi connectivity index (χ2n) is 7.57. The summed E-state index contributed by atoms with van der Waals surface area (Å²) < 4.78 is 19.4. The highest BCUT2D eigenvalue weighted by Crippen LogP contribution is 2.39. The molecule has 1 saturated heterocycles. The summed E-state index contributed by atoms with van der Waals surface area (Å²) in [6, 6.07) is 19.1. The van der Waals surface area contributed by atoms with Gasteiger partial charge in [0, 0.05) is 29.6 Å². The highest BCUT2D eigenvalue weighted by atomic mass is 16.7. The molecule has 0 amide bonds. The largest absolute Gasteiger partial charge is 0.497 e. The third-order valence-corrected chi connectivity index (χ3v) is 5.89. The van der Waals surface area contributed by atoms with Gasteiger partial charge < -0.3 is 18.8 Å². The average molecular weight is 375 g/mol. The zero-order chi connectivity index (χ0) is 19.0. The van der Waals surface area contributed by atoms with Crippen LogP contribution >= 0.6 is 0 Å². The van der Waals surface area contributed by atoms with Crippen LogP contribution in [0.25, 0.3) is 22.7 Å². The van der Waals surface area contributed by atoms with E-state index in [1.54, 1.807) is 7.11 Å². The number of allylic oxidation sites excluding steroid dienone is 1. The van der Waals surface area contributed by atoms with Crippen molar-refractivity contribution < 1.29 is 14.2 Å². The summed E-state index contributed by atoms with van der Waals surface area (Å²) >= 11 is 0. The van der Waals surface area contributed by atoms with E-state index in [0.717, 1.165) is 50.3 Å². The number of para-hydroxylation sites is 1. The summed E-state index contributed by atoms with van der Waals surface area (Å²) in [7, 11) is 1.70. The molecule has 0 bridgehead atoms. The number of aromatic nitrogens is 1. The van der Waals surface area contributed by atoms with Gasteiger partial charge in [0.05, 0.1) is 25.8 Å². The lowest BCUT2D eigenvalue weighted by atomic mass is 9.89. The lowest BCUT2D eigenvalue weighted by Gasteiger charge is -2.32. The van der Waals surface area contributed by atoms with E-state index < -0.39 is 0 Å². The number of hydrogen-bond acceptors (Lipinski definition) is 3. The van der Waals surface area contributed by atoms with E-state index in [9.17, 15) is 0 Å². The smallest absolute Gasteiger partial charge is 0.169 e. The zero-order valence-corrected chi connectivity index (χ0v) is 16.2. The Balaban J connectivity index is 1.52. The average Bonchev–Trinajstić information content (AvgIpc) is 3.34. The lowest BCUT2D eigenvalue weighted by Crippen LogP contribution is -2.33. The molecule has 0 unspecified atom stereocenters. The normalized spacial score (nSPS) is 18.7. The number of methoxy groups -OCH3 is 1. The molecule has 4 heteroatoms. The fraction of sp³-hybridized carbons (Fsp3) is 0.333. The molecule has 4 nitrogen and oxygen atoms in total. The van der Waals surface area contributed by atoms with Crippen LogP contribution in [0.15, 0.2) is 60.2 Å². The minimum atomic E-state index is -0.319. The van der Waals surface area contributed by atoms with Gasteiger partial charge in [-0.15, -0.1) is 0 Å². The fourth-order valence-corrected chi connectivity index (χ4v) is 4.39. The fourth-order valence-electron chi connectivity index (χ4n) is 4.39. The monoisotopic (exact) mass is 375 g/mol. The summed E-state index contributed by atoms with van der Waals surface area (Å²) in [5.74, 6) is 0.550. The summed E-state index contributed by atoms with van der Waals surface area (Å²) in [5.41, 5.74) is 5.03. The second-order valence-corrected chi connectivity index (χ2v) is 7.57. The van der Waals surface area contributed by atoms with Gasteiger partial charge in [-0.3, -0.25) is 0 Å². The summed E-state index contributed by atoms with van der Waals surface area (Å²) in [4.78, 5) is 0. The van der Waals surface area contributed by atoms with Crippen molar-refractivity contribution in [1.82, 2.24) is 4.57 Å². The topological polar surface area (TPSA) is 32.6 Å². The van der Waals surface area contributed by atoms with E-state index in [-0.39, 0.29) is 5.79 Å². The molecule has 1 aromatic heterocycles. The van der Waals surface area contributed by atoms with E-state index in [1.807, 2.05) is 12.1 Å². The SMILES string of the molecule is COc1ccc(-n2c(C=C3CCC4(CC3)OCCO4)cc3ccccc32)cc1. The Bertz CT molecular complexity index is 998. The van der Waals surface area contributed by atoms with Crippen molar-refractivity contribution in [3.63, 3.8) is 0 Å². The Hall–Kier alpha value is -2.56. The van der Waals surface area contributed by atoms with Crippen LogP contribution in [0.2, 0.25) is 0 Å². The van der Waals surface area contributed by atoms with Crippen LogP contribution in [0.4, 0.5) is 0 Å². The van der Waals surface area contributed by atoms with Gasteiger partial charge in [-0.1, -0.05) is 23.8 Å². The molecule has 0 atom stereocenters. The predicted octanol–water partition coefficient (Wildman–Crippen LogP) is 5.34. The van der Waals surface area contributed by atoms with Crippen molar-refractivity contribution in [2.75, 3.05) is 20.3 Å². The van der Waals surface area contributed by atoms with Crippen molar-refractivity contribution in [2.24, 2.45) is 0 Å². The van der Waals surface area contributed by atoms with Gasteiger partial charge in [-0.2, -0.15) is 0 Å². The number of nitrogens with zero attached hydrogens (tertiary/aromatic N) is 1. The number of rotatable bonds is 3. The van der Waals surface area contributed by atoms with Crippen molar-refractivity contribution in [1.29, 1.82) is 0 Å². The third-order valence-electron chi connectivity index (χ3n) is 5.89. The van der Waals surface area contributed by atoms with E-state index in [4.69, 9.17) is 14.2 Å². The van der Waals surface area contributed by atoms with Gasteiger partial charge in [0.1, 0.15) is 5.75 Å². The van der Waals surface area contributed by atoms with Gasteiger partial charge in [0.25, 0.3) is 0 Å². The quantitative estimate of drug-likeness (QED) is 0.619. The van der Waals surface area contributed by atoms with Gasteiger partial charge >= 0.3 is 0 Å². The molecule has 2 aromatic carbocycles. The highest BCUT2D eigenvalue weighted by Gasteiger charge is 2.38. The Kier molecular flexibility index (Phi) is 4.46.